The molecule has 2 bridgehead atoms. The van der Waals surface area contributed by atoms with E-state index in [-0.39, 0.29) is 29.3 Å². The molecule has 0 aromatic rings. The normalized spacial score (nSPS) is 32.6. The highest BCUT2D eigenvalue weighted by atomic mass is 16.2. The number of amides is 3. The van der Waals surface area contributed by atoms with Crippen LogP contribution >= 0.6 is 0 Å². The van der Waals surface area contributed by atoms with Gasteiger partial charge in [0.1, 0.15) is 6.04 Å². The molecule has 3 heterocycles. The minimum atomic E-state index is -0.316. The Morgan fingerprint density at radius 2 is 2.09 bits per heavy atom. The van der Waals surface area contributed by atoms with E-state index in [9.17, 15) is 14.4 Å². The zero-order chi connectivity index (χ0) is 15.9. The second-order valence-electron chi connectivity index (χ2n) is 6.74. The second-order valence-corrected chi connectivity index (χ2v) is 6.74. The Bertz CT molecular complexity index is 525. The van der Waals surface area contributed by atoms with Gasteiger partial charge in [0.05, 0.1) is 5.54 Å². The van der Waals surface area contributed by atoms with Crippen LogP contribution in [0.25, 0.3) is 0 Å². The number of carbonyl (C=O) groups excluding carboxylic acids is 3. The first-order valence-corrected chi connectivity index (χ1v) is 7.96. The number of likely N-dealkylation sites (tertiary alicyclic amines) is 1. The third-order valence-electron chi connectivity index (χ3n) is 5.34. The van der Waals surface area contributed by atoms with Gasteiger partial charge < -0.3 is 15.1 Å². The maximum Gasteiger partial charge on any atom is 0.245 e. The summed E-state index contributed by atoms with van der Waals surface area (Å²) in [6.45, 7) is 6.88. The van der Waals surface area contributed by atoms with E-state index in [2.05, 4.69) is 11.9 Å². The molecule has 120 valence electrons. The molecular weight excluding hydrogens is 282 g/mol. The van der Waals surface area contributed by atoms with E-state index in [4.69, 9.17) is 0 Å². The molecular formula is C16H23N3O3. The summed E-state index contributed by atoms with van der Waals surface area (Å²) in [5.41, 5.74) is -0.245. The molecule has 3 aliphatic heterocycles. The van der Waals surface area contributed by atoms with Crippen molar-refractivity contribution in [2.75, 3.05) is 19.6 Å². The van der Waals surface area contributed by atoms with Gasteiger partial charge in [0, 0.05) is 26.6 Å². The molecule has 0 aromatic carbocycles. The molecule has 1 atom stereocenters. The van der Waals surface area contributed by atoms with Crippen molar-refractivity contribution in [3.8, 4) is 0 Å². The van der Waals surface area contributed by atoms with Crippen LogP contribution in [0.3, 0.4) is 0 Å². The van der Waals surface area contributed by atoms with Crippen LogP contribution in [0.2, 0.25) is 0 Å². The highest BCUT2D eigenvalue weighted by Gasteiger charge is 2.58. The van der Waals surface area contributed by atoms with Crippen molar-refractivity contribution in [2.24, 2.45) is 5.92 Å². The van der Waals surface area contributed by atoms with Crippen LogP contribution in [0, 0.1) is 5.92 Å². The van der Waals surface area contributed by atoms with Gasteiger partial charge in [-0.1, -0.05) is 6.58 Å². The smallest absolute Gasteiger partial charge is 0.245 e. The lowest BCUT2D eigenvalue weighted by molar-refractivity contribution is -0.145. The molecule has 4 rings (SSSR count). The van der Waals surface area contributed by atoms with Crippen LogP contribution < -0.4 is 5.32 Å². The minimum Gasteiger partial charge on any atom is -0.350 e. The molecule has 0 unspecified atom stereocenters. The van der Waals surface area contributed by atoms with Gasteiger partial charge in [-0.25, -0.2) is 0 Å². The molecule has 0 radical (unpaired) electrons. The molecule has 0 spiro atoms. The second kappa shape index (κ2) is 5.41. The first-order chi connectivity index (χ1) is 10.5. The third kappa shape index (κ3) is 2.30. The number of fused-ring (bicyclic) bond motifs is 1. The Morgan fingerprint density at radius 3 is 2.73 bits per heavy atom. The van der Waals surface area contributed by atoms with Gasteiger partial charge in [-0.2, -0.15) is 0 Å². The van der Waals surface area contributed by atoms with E-state index >= 15 is 0 Å². The average Bonchev–Trinajstić information content (AvgIpc) is 3.15. The minimum absolute atomic E-state index is 0.0311. The quantitative estimate of drug-likeness (QED) is 0.759. The standard InChI is InChI=1S/C16H23N3O3/c1-3-14(21)17-10-16-7-12(8-16)9-19(16)15(22)13-5-4-6-18(13)11(2)20/h3,12-13H,1,4-10H2,2H3,(H,17,21)/t12?,13-,16?/m1/s1. The number of hydrogen-bond acceptors (Lipinski definition) is 3. The zero-order valence-electron chi connectivity index (χ0n) is 13.0. The molecule has 3 saturated heterocycles. The molecule has 3 amide bonds. The summed E-state index contributed by atoms with van der Waals surface area (Å²) in [4.78, 5) is 39.6. The van der Waals surface area contributed by atoms with E-state index < -0.39 is 0 Å². The fourth-order valence-corrected chi connectivity index (χ4v) is 4.28. The van der Waals surface area contributed by atoms with Crippen LogP contribution in [0.5, 0.6) is 0 Å². The highest BCUT2D eigenvalue weighted by molar-refractivity contribution is 5.89. The summed E-state index contributed by atoms with van der Waals surface area (Å²) in [5, 5.41) is 2.83. The van der Waals surface area contributed by atoms with Crippen molar-refractivity contribution in [1.29, 1.82) is 0 Å². The van der Waals surface area contributed by atoms with Crippen molar-refractivity contribution in [3.05, 3.63) is 12.7 Å². The van der Waals surface area contributed by atoms with E-state index in [1.165, 1.54) is 13.0 Å². The van der Waals surface area contributed by atoms with E-state index in [0.29, 0.717) is 19.0 Å². The molecule has 6 heteroatoms. The largest absolute Gasteiger partial charge is 0.350 e. The van der Waals surface area contributed by atoms with Crippen LogP contribution in [-0.4, -0.2) is 58.7 Å². The Kier molecular flexibility index (Phi) is 3.70. The van der Waals surface area contributed by atoms with Gasteiger partial charge in [0.25, 0.3) is 0 Å². The van der Waals surface area contributed by atoms with Crippen molar-refractivity contribution >= 4 is 17.7 Å². The summed E-state index contributed by atoms with van der Waals surface area (Å²) >= 11 is 0. The van der Waals surface area contributed by atoms with Gasteiger partial charge in [-0.05, 0) is 37.7 Å². The van der Waals surface area contributed by atoms with Crippen LogP contribution in [0.4, 0.5) is 0 Å². The third-order valence-corrected chi connectivity index (χ3v) is 5.34. The van der Waals surface area contributed by atoms with Gasteiger partial charge in [0.2, 0.25) is 17.7 Å². The van der Waals surface area contributed by atoms with E-state index in [0.717, 1.165) is 32.2 Å². The maximum absolute atomic E-state index is 12.9. The highest BCUT2D eigenvalue weighted by Crippen LogP contribution is 2.50. The van der Waals surface area contributed by atoms with Crippen LogP contribution in [-0.2, 0) is 14.4 Å². The Labute approximate surface area is 130 Å². The topological polar surface area (TPSA) is 69.7 Å². The Hall–Kier alpha value is -1.85. The SMILES string of the molecule is C=CC(=O)NCC12CC(CN1C(=O)[C@H]1CCCN1C(C)=O)C2. The number of rotatable bonds is 4. The maximum atomic E-state index is 12.9. The molecule has 4 fully saturated rings. The van der Waals surface area contributed by atoms with E-state index in [1.807, 2.05) is 4.90 Å². The predicted octanol–water partition coefficient (Wildman–Crippen LogP) is 0.290. The molecule has 6 nitrogen and oxygen atoms in total. The van der Waals surface area contributed by atoms with E-state index in [1.54, 1.807) is 4.90 Å². The van der Waals surface area contributed by atoms with Gasteiger partial charge in [-0.15, -0.1) is 0 Å². The lowest BCUT2D eigenvalue weighted by Gasteiger charge is -2.43. The fourth-order valence-electron chi connectivity index (χ4n) is 4.28. The van der Waals surface area contributed by atoms with Crippen molar-refractivity contribution in [2.45, 2.75) is 44.2 Å². The average molecular weight is 305 g/mol. The number of carbonyl (C=O) groups is 3. The number of nitrogens with one attached hydrogen (secondary N) is 1. The first kappa shape index (κ1) is 15.1. The lowest BCUT2D eigenvalue weighted by Crippen LogP contribution is -2.58. The summed E-state index contributed by atoms with van der Waals surface area (Å²) in [7, 11) is 0. The monoisotopic (exact) mass is 305 g/mol. The first-order valence-electron chi connectivity index (χ1n) is 7.96. The number of hydrogen-bond donors (Lipinski definition) is 1. The van der Waals surface area contributed by atoms with Gasteiger partial charge in [0.15, 0.2) is 0 Å². The van der Waals surface area contributed by atoms with Crippen LogP contribution in [0.15, 0.2) is 12.7 Å². The predicted molar refractivity (Wildman–Crippen MR) is 80.8 cm³/mol. The summed E-state index contributed by atoms with van der Waals surface area (Å²) in [5.74, 6) is 0.358. The van der Waals surface area contributed by atoms with Crippen molar-refractivity contribution < 1.29 is 14.4 Å². The molecule has 0 aromatic heterocycles. The molecule has 4 aliphatic rings. The van der Waals surface area contributed by atoms with Crippen molar-refractivity contribution in [1.82, 2.24) is 15.1 Å². The Balaban J connectivity index is 1.70. The van der Waals surface area contributed by atoms with Crippen molar-refractivity contribution in [3.63, 3.8) is 0 Å². The Morgan fingerprint density at radius 1 is 1.36 bits per heavy atom. The lowest BCUT2D eigenvalue weighted by atomic mass is 9.73. The number of nitrogens with zero attached hydrogens (tertiary/aromatic N) is 2. The van der Waals surface area contributed by atoms with Gasteiger partial charge >= 0.3 is 0 Å². The zero-order valence-corrected chi connectivity index (χ0v) is 13.0. The van der Waals surface area contributed by atoms with Gasteiger partial charge in [-0.3, -0.25) is 14.4 Å². The van der Waals surface area contributed by atoms with Crippen LogP contribution in [0.1, 0.15) is 32.6 Å². The fraction of sp³-hybridized carbons (Fsp3) is 0.688. The molecule has 1 saturated carbocycles. The molecule has 22 heavy (non-hydrogen) atoms. The molecule has 1 N–H and O–H groups in total. The summed E-state index contributed by atoms with van der Waals surface area (Å²) < 4.78 is 0. The summed E-state index contributed by atoms with van der Waals surface area (Å²) in [6, 6.07) is -0.316. The molecule has 1 aliphatic carbocycles. The summed E-state index contributed by atoms with van der Waals surface area (Å²) in [6.07, 6.45) is 4.77.